The Bertz CT molecular complexity index is 490. The first-order valence-electron chi connectivity index (χ1n) is 5.50. The highest BCUT2D eigenvalue weighted by Crippen LogP contribution is 2.29. The molecule has 4 nitrogen and oxygen atoms in total. The van der Waals surface area contributed by atoms with E-state index in [-0.39, 0.29) is 28.6 Å². The quantitative estimate of drug-likeness (QED) is 0.889. The van der Waals surface area contributed by atoms with Gasteiger partial charge in [0.15, 0.2) is 0 Å². The lowest BCUT2D eigenvalue weighted by molar-refractivity contribution is 0.453. The second kappa shape index (κ2) is 6.54. The van der Waals surface area contributed by atoms with Gasteiger partial charge in [0.25, 0.3) is 0 Å². The zero-order chi connectivity index (χ0) is 12.5. The molecule has 1 aliphatic rings. The van der Waals surface area contributed by atoms with Gasteiger partial charge in [-0.2, -0.15) is 0 Å². The highest BCUT2D eigenvalue weighted by molar-refractivity contribution is 7.91. The van der Waals surface area contributed by atoms with Gasteiger partial charge in [-0.15, -0.1) is 23.7 Å². The molecule has 0 saturated heterocycles. The topological polar surface area (TPSA) is 72.2 Å². The maximum atomic E-state index is 12.1. The van der Waals surface area contributed by atoms with Gasteiger partial charge in [-0.1, -0.05) is 18.0 Å². The van der Waals surface area contributed by atoms with Crippen LogP contribution in [0, 0.1) is 5.92 Å². The number of rotatable bonds is 4. The molecule has 1 aliphatic carbocycles. The van der Waals surface area contributed by atoms with Gasteiger partial charge in [-0.05, 0) is 37.4 Å². The van der Waals surface area contributed by atoms with Crippen molar-refractivity contribution in [3.05, 3.63) is 16.5 Å². The zero-order valence-electron chi connectivity index (χ0n) is 9.63. The molecule has 2 atom stereocenters. The second-order valence-corrected chi connectivity index (χ2v) is 7.87. The van der Waals surface area contributed by atoms with Gasteiger partial charge in [0.1, 0.15) is 4.21 Å². The van der Waals surface area contributed by atoms with E-state index in [0.29, 0.717) is 10.9 Å². The minimum Gasteiger partial charge on any atom is -0.330 e. The van der Waals surface area contributed by atoms with Crippen molar-refractivity contribution >= 4 is 45.4 Å². The maximum Gasteiger partial charge on any atom is 0.250 e. The van der Waals surface area contributed by atoms with Gasteiger partial charge in [0, 0.05) is 6.04 Å². The zero-order valence-corrected chi connectivity index (χ0v) is 12.8. The van der Waals surface area contributed by atoms with Crippen molar-refractivity contribution in [1.29, 1.82) is 0 Å². The largest absolute Gasteiger partial charge is 0.330 e. The van der Waals surface area contributed by atoms with Crippen molar-refractivity contribution in [2.75, 3.05) is 6.54 Å². The number of halogens is 2. The first-order valence-corrected chi connectivity index (χ1v) is 8.18. The number of hydrogen-bond donors (Lipinski definition) is 2. The standard InChI is InChI=1S/C10H15ClN2O2S2.ClH/c11-9-4-5-10(16-9)17(14,15)13-8-3-1-2-7(8)6-12;/h4-5,7-8,13H,1-3,6,12H2;1H. The van der Waals surface area contributed by atoms with Crippen LogP contribution in [-0.2, 0) is 10.0 Å². The van der Waals surface area contributed by atoms with Crippen LogP contribution in [0.1, 0.15) is 19.3 Å². The third-order valence-corrected chi connectivity index (χ3v) is 6.29. The van der Waals surface area contributed by atoms with Crippen LogP contribution in [0.4, 0.5) is 0 Å². The summed E-state index contributed by atoms with van der Waals surface area (Å²) in [5.74, 6) is 0.250. The van der Waals surface area contributed by atoms with Crippen molar-refractivity contribution < 1.29 is 8.42 Å². The van der Waals surface area contributed by atoms with E-state index in [1.54, 1.807) is 6.07 Å². The lowest BCUT2D eigenvalue weighted by Crippen LogP contribution is -2.39. The van der Waals surface area contributed by atoms with Gasteiger partial charge in [0.05, 0.1) is 4.34 Å². The molecule has 104 valence electrons. The van der Waals surface area contributed by atoms with E-state index in [1.165, 1.54) is 6.07 Å². The Morgan fingerprint density at radius 1 is 1.44 bits per heavy atom. The van der Waals surface area contributed by atoms with Crippen LogP contribution in [0.3, 0.4) is 0 Å². The smallest absolute Gasteiger partial charge is 0.250 e. The van der Waals surface area contributed by atoms with Gasteiger partial charge >= 0.3 is 0 Å². The number of thiophene rings is 1. The molecule has 1 aromatic rings. The van der Waals surface area contributed by atoms with E-state index in [4.69, 9.17) is 17.3 Å². The fourth-order valence-electron chi connectivity index (χ4n) is 2.17. The Balaban J connectivity index is 0.00000162. The third-order valence-electron chi connectivity index (χ3n) is 3.08. The summed E-state index contributed by atoms with van der Waals surface area (Å²) in [6.07, 6.45) is 2.88. The predicted molar refractivity (Wildman–Crippen MR) is 77.1 cm³/mol. The molecule has 8 heteroatoms. The van der Waals surface area contributed by atoms with Crippen molar-refractivity contribution in [2.45, 2.75) is 29.5 Å². The molecular formula is C10H16Cl2N2O2S2. The fraction of sp³-hybridized carbons (Fsp3) is 0.600. The first-order chi connectivity index (χ1) is 8.03. The van der Waals surface area contributed by atoms with Crippen molar-refractivity contribution in [1.82, 2.24) is 4.72 Å². The Labute approximate surface area is 122 Å². The van der Waals surface area contributed by atoms with Gasteiger partial charge in [0.2, 0.25) is 10.0 Å². The van der Waals surface area contributed by atoms with Crippen LogP contribution in [0.25, 0.3) is 0 Å². The lowest BCUT2D eigenvalue weighted by atomic mass is 10.1. The molecule has 3 N–H and O–H groups in total. The van der Waals surface area contributed by atoms with Crippen LogP contribution in [-0.4, -0.2) is 21.0 Å². The summed E-state index contributed by atoms with van der Waals surface area (Å²) in [4.78, 5) is 0. The van der Waals surface area contributed by atoms with E-state index in [2.05, 4.69) is 4.72 Å². The average Bonchev–Trinajstić information content (AvgIpc) is 2.86. The molecule has 1 saturated carbocycles. The SMILES string of the molecule is Cl.NCC1CCCC1NS(=O)(=O)c1ccc(Cl)s1. The van der Waals surface area contributed by atoms with Crippen LogP contribution < -0.4 is 10.5 Å². The lowest BCUT2D eigenvalue weighted by Gasteiger charge is -2.18. The van der Waals surface area contributed by atoms with Crippen molar-refractivity contribution in [3.63, 3.8) is 0 Å². The molecule has 1 heterocycles. The molecule has 2 unspecified atom stereocenters. The summed E-state index contributed by atoms with van der Waals surface area (Å²) in [6, 6.07) is 3.09. The Morgan fingerprint density at radius 3 is 2.72 bits per heavy atom. The molecule has 0 spiro atoms. The summed E-state index contributed by atoms with van der Waals surface area (Å²) in [5.41, 5.74) is 5.63. The molecule has 1 fully saturated rings. The van der Waals surface area contributed by atoms with E-state index in [0.717, 1.165) is 30.6 Å². The van der Waals surface area contributed by atoms with Crippen molar-refractivity contribution in [2.24, 2.45) is 11.7 Å². The Morgan fingerprint density at radius 2 is 2.17 bits per heavy atom. The molecule has 1 aromatic heterocycles. The molecule has 0 bridgehead atoms. The van der Waals surface area contributed by atoms with E-state index in [9.17, 15) is 8.42 Å². The Hall–Kier alpha value is 0.150. The average molecular weight is 331 g/mol. The van der Waals surface area contributed by atoms with Crippen LogP contribution in [0.5, 0.6) is 0 Å². The minimum atomic E-state index is -3.44. The number of nitrogens with one attached hydrogen (secondary N) is 1. The minimum absolute atomic E-state index is 0. The summed E-state index contributed by atoms with van der Waals surface area (Å²) >= 11 is 6.82. The summed E-state index contributed by atoms with van der Waals surface area (Å²) in [6.45, 7) is 0.526. The molecule has 0 aliphatic heterocycles. The van der Waals surface area contributed by atoms with Gasteiger partial charge in [-0.3, -0.25) is 0 Å². The maximum absolute atomic E-state index is 12.1. The van der Waals surface area contributed by atoms with Crippen LogP contribution in [0.2, 0.25) is 4.34 Å². The summed E-state index contributed by atoms with van der Waals surface area (Å²) in [5, 5.41) is 0. The highest BCUT2D eigenvalue weighted by Gasteiger charge is 2.30. The Kier molecular flexibility index (Phi) is 5.89. The third kappa shape index (κ3) is 3.59. The molecular weight excluding hydrogens is 315 g/mol. The number of sulfonamides is 1. The normalized spacial score (nSPS) is 23.9. The van der Waals surface area contributed by atoms with Gasteiger partial charge < -0.3 is 5.73 Å². The number of nitrogens with two attached hydrogens (primary N) is 1. The molecule has 18 heavy (non-hydrogen) atoms. The molecule has 0 amide bonds. The molecule has 0 aromatic carbocycles. The van der Waals surface area contributed by atoms with E-state index < -0.39 is 10.0 Å². The van der Waals surface area contributed by atoms with E-state index >= 15 is 0 Å². The molecule has 2 rings (SSSR count). The first kappa shape index (κ1) is 16.2. The predicted octanol–water partition coefficient (Wildman–Crippen LogP) is 2.23. The summed E-state index contributed by atoms with van der Waals surface area (Å²) < 4.78 is 27.6. The van der Waals surface area contributed by atoms with Crippen LogP contribution in [0.15, 0.2) is 16.3 Å². The van der Waals surface area contributed by atoms with E-state index in [1.807, 2.05) is 0 Å². The fourth-order valence-corrected chi connectivity index (χ4v) is 5.01. The van der Waals surface area contributed by atoms with Crippen LogP contribution >= 0.6 is 35.3 Å². The monoisotopic (exact) mass is 330 g/mol. The molecule has 0 radical (unpaired) electrons. The van der Waals surface area contributed by atoms with Crippen molar-refractivity contribution in [3.8, 4) is 0 Å². The second-order valence-electron chi connectivity index (χ2n) is 4.21. The van der Waals surface area contributed by atoms with Gasteiger partial charge in [-0.25, -0.2) is 13.1 Å². The highest BCUT2D eigenvalue weighted by atomic mass is 35.5. The number of hydrogen-bond acceptors (Lipinski definition) is 4. The summed E-state index contributed by atoms with van der Waals surface area (Å²) in [7, 11) is -3.44.